The Bertz CT molecular complexity index is 704. The number of carbonyl (C=O) groups excluding carboxylic acids is 2. The van der Waals surface area contributed by atoms with Gasteiger partial charge in [0, 0.05) is 0 Å². The molecule has 2 aromatic carbocycles. The number of anilines is 2. The van der Waals surface area contributed by atoms with Gasteiger partial charge in [-0.05, 0) is 43.2 Å². The Hall–Kier alpha value is -2.42. The van der Waals surface area contributed by atoms with Crippen LogP contribution in [0.25, 0.3) is 0 Å². The first-order valence-corrected chi connectivity index (χ1v) is 6.15. The molecule has 1 aliphatic heterocycles. The van der Waals surface area contributed by atoms with E-state index in [0.29, 0.717) is 11.3 Å². The lowest BCUT2D eigenvalue weighted by atomic mass is 10.1. The number of aryl methyl sites for hydroxylation is 1. The number of para-hydroxylation sites is 1. The van der Waals surface area contributed by atoms with Crippen molar-refractivity contribution < 1.29 is 9.59 Å². The molecule has 0 atom stereocenters. The monoisotopic (exact) mass is 251 g/mol. The Balaban J connectivity index is 2.24. The predicted molar refractivity (Wildman–Crippen MR) is 73.8 cm³/mol. The van der Waals surface area contributed by atoms with Crippen LogP contribution in [0.2, 0.25) is 0 Å². The van der Waals surface area contributed by atoms with Crippen LogP contribution in [0.5, 0.6) is 0 Å². The number of Topliss-reactive ketones (excluding diaryl/α,β-unsaturated/α-hetero) is 1. The van der Waals surface area contributed by atoms with Crippen molar-refractivity contribution in [3.05, 3.63) is 59.2 Å². The van der Waals surface area contributed by atoms with Gasteiger partial charge in [0.25, 0.3) is 5.78 Å². The number of nitrogens with zero attached hydrogens (tertiary/aromatic N) is 1. The Kier molecular flexibility index (Phi) is 2.49. The first-order valence-electron chi connectivity index (χ1n) is 6.15. The van der Waals surface area contributed by atoms with Gasteiger partial charge in [-0.15, -0.1) is 0 Å². The molecule has 3 nitrogen and oxygen atoms in total. The average molecular weight is 251 g/mol. The number of rotatable bonds is 1. The minimum absolute atomic E-state index is 0.434. The van der Waals surface area contributed by atoms with Gasteiger partial charge in [0.1, 0.15) is 0 Å². The molecule has 0 spiro atoms. The molecule has 19 heavy (non-hydrogen) atoms. The summed E-state index contributed by atoms with van der Waals surface area (Å²) < 4.78 is 0. The first kappa shape index (κ1) is 11.7. The van der Waals surface area contributed by atoms with E-state index in [0.717, 1.165) is 16.8 Å². The van der Waals surface area contributed by atoms with Crippen molar-refractivity contribution in [1.82, 2.24) is 0 Å². The van der Waals surface area contributed by atoms with E-state index in [2.05, 4.69) is 0 Å². The Labute approximate surface area is 111 Å². The molecule has 0 aliphatic carbocycles. The highest BCUT2D eigenvalue weighted by Gasteiger charge is 2.36. The molecule has 94 valence electrons. The van der Waals surface area contributed by atoms with Crippen LogP contribution in [-0.4, -0.2) is 11.7 Å². The third-order valence-electron chi connectivity index (χ3n) is 3.60. The lowest BCUT2D eigenvalue weighted by Crippen LogP contribution is -2.25. The minimum Gasteiger partial charge on any atom is -0.283 e. The van der Waals surface area contributed by atoms with Gasteiger partial charge < -0.3 is 0 Å². The van der Waals surface area contributed by atoms with Crippen molar-refractivity contribution in [1.29, 1.82) is 0 Å². The summed E-state index contributed by atoms with van der Waals surface area (Å²) >= 11 is 0. The fourth-order valence-corrected chi connectivity index (χ4v) is 2.40. The second kappa shape index (κ2) is 4.05. The Morgan fingerprint density at radius 1 is 0.842 bits per heavy atom. The summed E-state index contributed by atoms with van der Waals surface area (Å²) in [5.41, 5.74) is 4.05. The SMILES string of the molecule is Cc1cccc(N2C(=O)C(=O)c3ccccc32)c1C. The molecule has 0 N–H and O–H groups in total. The van der Waals surface area contributed by atoms with Crippen LogP contribution in [0.3, 0.4) is 0 Å². The van der Waals surface area contributed by atoms with Gasteiger partial charge in [0.05, 0.1) is 16.9 Å². The van der Waals surface area contributed by atoms with Gasteiger partial charge >= 0.3 is 5.91 Å². The fourth-order valence-electron chi connectivity index (χ4n) is 2.40. The van der Waals surface area contributed by atoms with Gasteiger partial charge in [-0.1, -0.05) is 24.3 Å². The summed E-state index contributed by atoms with van der Waals surface area (Å²) in [7, 11) is 0. The van der Waals surface area contributed by atoms with Crippen molar-refractivity contribution in [3.63, 3.8) is 0 Å². The summed E-state index contributed by atoms with van der Waals surface area (Å²) in [6, 6.07) is 12.9. The number of fused-ring (bicyclic) bond motifs is 1. The smallest absolute Gasteiger partial charge is 0.283 e. The highest BCUT2D eigenvalue weighted by atomic mass is 16.2. The van der Waals surface area contributed by atoms with Crippen LogP contribution in [0.4, 0.5) is 11.4 Å². The normalized spacial score (nSPS) is 13.9. The van der Waals surface area contributed by atoms with Crippen LogP contribution in [-0.2, 0) is 4.79 Å². The van der Waals surface area contributed by atoms with Gasteiger partial charge in [0.15, 0.2) is 0 Å². The first-order chi connectivity index (χ1) is 9.11. The molecule has 3 rings (SSSR count). The quantitative estimate of drug-likeness (QED) is 0.730. The molecule has 1 aliphatic rings. The maximum absolute atomic E-state index is 12.2. The molecular formula is C16H13NO2. The number of hydrogen-bond acceptors (Lipinski definition) is 2. The van der Waals surface area contributed by atoms with E-state index in [9.17, 15) is 9.59 Å². The zero-order chi connectivity index (χ0) is 13.6. The van der Waals surface area contributed by atoms with Gasteiger partial charge in [-0.25, -0.2) is 0 Å². The maximum Gasteiger partial charge on any atom is 0.304 e. The number of benzene rings is 2. The van der Waals surface area contributed by atoms with Crippen molar-refractivity contribution in [2.45, 2.75) is 13.8 Å². The van der Waals surface area contributed by atoms with E-state index in [-0.39, 0.29) is 0 Å². The van der Waals surface area contributed by atoms with Crippen LogP contribution in [0.15, 0.2) is 42.5 Å². The second-order valence-corrected chi connectivity index (χ2v) is 4.71. The van der Waals surface area contributed by atoms with Gasteiger partial charge in [-0.3, -0.25) is 14.5 Å². The van der Waals surface area contributed by atoms with E-state index >= 15 is 0 Å². The summed E-state index contributed by atoms with van der Waals surface area (Å²) in [6.45, 7) is 3.95. The molecular weight excluding hydrogens is 238 g/mol. The molecule has 1 heterocycles. The van der Waals surface area contributed by atoms with Crippen LogP contribution in [0.1, 0.15) is 21.5 Å². The summed E-state index contributed by atoms with van der Waals surface area (Å²) in [6.07, 6.45) is 0. The summed E-state index contributed by atoms with van der Waals surface area (Å²) in [5.74, 6) is -0.911. The average Bonchev–Trinajstić information content (AvgIpc) is 2.67. The van der Waals surface area contributed by atoms with Crippen molar-refractivity contribution >= 4 is 23.1 Å². The zero-order valence-corrected chi connectivity index (χ0v) is 10.8. The fraction of sp³-hybridized carbons (Fsp3) is 0.125. The minimum atomic E-state index is -0.477. The molecule has 0 fully saturated rings. The largest absolute Gasteiger partial charge is 0.304 e. The van der Waals surface area contributed by atoms with E-state index in [1.165, 1.54) is 4.90 Å². The lowest BCUT2D eigenvalue weighted by molar-refractivity contribution is -0.113. The zero-order valence-electron chi connectivity index (χ0n) is 10.8. The Morgan fingerprint density at radius 3 is 2.32 bits per heavy atom. The third-order valence-corrected chi connectivity index (χ3v) is 3.60. The number of carbonyl (C=O) groups is 2. The molecule has 1 amide bonds. The molecule has 0 aromatic heterocycles. The number of amides is 1. The highest BCUT2D eigenvalue weighted by Crippen LogP contribution is 2.37. The van der Waals surface area contributed by atoms with Crippen molar-refractivity contribution in [2.24, 2.45) is 0 Å². The van der Waals surface area contributed by atoms with Crippen LogP contribution >= 0.6 is 0 Å². The van der Waals surface area contributed by atoms with Crippen molar-refractivity contribution in [2.75, 3.05) is 4.90 Å². The highest BCUT2D eigenvalue weighted by molar-refractivity contribution is 6.53. The molecule has 3 heteroatoms. The van der Waals surface area contributed by atoms with E-state index in [1.807, 2.05) is 38.1 Å². The van der Waals surface area contributed by atoms with E-state index in [4.69, 9.17) is 0 Å². The molecule has 2 aromatic rings. The molecule has 0 unspecified atom stereocenters. The maximum atomic E-state index is 12.2. The topological polar surface area (TPSA) is 37.4 Å². The summed E-state index contributed by atoms with van der Waals surface area (Å²) in [4.78, 5) is 25.7. The Morgan fingerprint density at radius 2 is 1.53 bits per heavy atom. The van der Waals surface area contributed by atoms with E-state index < -0.39 is 11.7 Å². The van der Waals surface area contributed by atoms with Gasteiger partial charge in [-0.2, -0.15) is 0 Å². The standard InChI is InChI=1S/C16H13NO2/c1-10-6-5-9-13(11(10)2)17-14-8-4-3-7-12(14)15(18)16(17)19/h3-9H,1-2H3. The lowest BCUT2D eigenvalue weighted by Gasteiger charge is -2.20. The molecule has 0 bridgehead atoms. The van der Waals surface area contributed by atoms with Crippen LogP contribution < -0.4 is 4.90 Å². The second-order valence-electron chi connectivity index (χ2n) is 4.71. The van der Waals surface area contributed by atoms with E-state index in [1.54, 1.807) is 18.2 Å². The number of ketones is 1. The van der Waals surface area contributed by atoms with Crippen molar-refractivity contribution in [3.8, 4) is 0 Å². The molecule has 0 saturated carbocycles. The molecule has 0 radical (unpaired) electrons. The number of hydrogen-bond donors (Lipinski definition) is 0. The van der Waals surface area contributed by atoms with Gasteiger partial charge in [0.2, 0.25) is 0 Å². The summed E-state index contributed by atoms with van der Waals surface area (Å²) in [5, 5.41) is 0. The molecule has 0 saturated heterocycles. The van der Waals surface area contributed by atoms with Crippen LogP contribution in [0, 0.1) is 13.8 Å². The predicted octanol–water partition coefficient (Wildman–Crippen LogP) is 3.16. The third kappa shape index (κ3) is 1.58.